The smallest absolute Gasteiger partial charge is 0.238 e. The molecule has 0 saturated heterocycles. The monoisotopic (exact) mass is 308 g/mol. The number of hydrogen-bond donors (Lipinski definition) is 2. The lowest BCUT2D eigenvalue weighted by Gasteiger charge is -2.18. The van der Waals surface area contributed by atoms with Gasteiger partial charge >= 0.3 is 0 Å². The lowest BCUT2D eigenvalue weighted by atomic mass is 10.1. The Labute approximate surface area is 123 Å². The predicted octanol–water partition coefficient (Wildman–Crippen LogP) is 2.95. The number of rotatable bonds is 4. The van der Waals surface area contributed by atoms with Crippen molar-refractivity contribution in [1.29, 1.82) is 0 Å². The molecular weight excluding hydrogens is 291 g/mol. The number of para-hydroxylation sites is 1. The van der Waals surface area contributed by atoms with Gasteiger partial charge in [0, 0.05) is 6.04 Å². The van der Waals surface area contributed by atoms with E-state index in [9.17, 15) is 12.8 Å². The van der Waals surface area contributed by atoms with Crippen molar-refractivity contribution in [3.63, 3.8) is 0 Å². The van der Waals surface area contributed by atoms with Crippen molar-refractivity contribution in [2.45, 2.75) is 24.8 Å². The SMILES string of the molecule is Cc1cccc(F)c1NC(C)c1ccc(S(N)(=O)=O)cc1. The number of hydrogen-bond acceptors (Lipinski definition) is 3. The summed E-state index contributed by atoms with van der Waals surface area (Å²) < 4.78 is 36.2. The van der Waals surface area contributed by atoms with Gasteiger partial charge in [-0.1, -0.05) is 24.3 Å². The lowest BCUT2D eigenvalue weighted by Crippen LogP contribution is -2.13. The van der Waals surface area contributed by atoms with Crippen molar-refractivity contribution in [1.82, 2.24) is 0 Å². The standard InChI is InChI=1S/C15H17FN2O2S/c1-10-4-3-5-14(16)15(10)18-11(2)12-6-8-13(9-7-12)21(17,19)20/h3-9,11,18H,1-2H3,(H2,17,19,20). The van der Waals surface area contributed by atoms with Crippen LogP contribution in [0, 0.1) is 12.7 Å². The number of sulfonamides is 1. The zero-order valence-electron chi connectivity index (χ0n) is 11.8. The fourth-order valence-corrected chi connectivity index (χ4v) is 2.58. The maximum atomic E-state index is 13.8. The van der Waals surface area contributed by atoms with E-state index in [4.69, 9.17) is 5.14 Å². The number of halogens is 1. The molecule has 0 bridgehead atoms. The largest absolute Gasteiger partial charge is 0.376 e. The van der Waals surface area contributed by atoms with Crippen molar-refractivity contribution < 1.29 is 12.8 Å². The molecule has 0 radical (unpaired) electrons. The average molecular weight is 308 g/mol. The predicted molar refractivity (Wildman–Crippen MR) is 81.0 cm³/mol. The van der Waals surface area contributed by atoms with Crippen LogP contribution in [-0.2, 0) is 10.0 Å². The Morgan fingerprint density at radius 1 is 1.14 bits per heavy atom. The number of nitrogens with one attached hydrogen (secondary N) is 1. The molecule has 112 valence electrons. The van der Waals surface area contributed by atoms with E-state index in [1.165, 1.54) is 18.2 Å². The molecule has 2 aromatic rings. The molecule has 21 heavy (non-hydrogen) atoms. The first-order valence-electron chi connectivity index (χ1n) is 6.43. The van der Waals surface area contributed by atoms with Gasteiger partial charge in [0.05, 0.1) is 10.6 Å². The Hall–Kier alpha value is -1.92. The van der Waals surface area contributed by atoms with Gasteiger partial charge in [0.25, 0.3) is 0 Å². The van der Waals surface area contributed by atoms with Crippen molar-refractivity contribution in [2.75, 3.05) is 5.32 Å². The first kappa shape index (κ1) is 15.5. The van der Waals surface area contributed by atoms with Gasteiger partial charge in [-0.15, -0.1) is 0 Å². The van der Waals surface area contributed by atoms with E-state index in [-0.39, 0.29) is 16.8 Å². The van der Waals surface area contributed by atoms with Crippen LogP contribution >= 0.6 is 0 Å². The number of nitrogens with two attached hydrogens (primary N) is 1. The third-order valence-corrected chi connectivity index (χ3v) is 4.22. The van der Waals surface area contributed by atoms with E-state index in [0.29, 0.717) is 5.69 Å². The first-order chi connectivity index (χ1) is 9.79. The highest BCUT2D eigenvalue weighted by atomic mass is 32.2. The topological polar surface area (TPSA) is 72.2 Å². The van der Waals surface area contributed by atoms with E-state index < -0.39 is 10.0 Å². The third kappa shape index (κ3) is 3.59. The van der Waals surface area contributed by atoms with Crippen LogP contribution in [-0.4, -0.2) is 8.42 Å². The van der Waals surface area contributed by atoms with E-state index in [1.54, 1.807) is 18.2 Å². The number of aryl methyl sites for hydroxylation is 1. The van der Waals surface area contributed by atoms with Gasteiger partial charge in [-0.2, -0.15) is 0 Å². The molecule has 0 saturated carbocycles. The molecule has 0 aliphatic carbocycles. The molecule has 0 heterocycles. The maximum absolute atomic E-state index is 13.8. The quantitative estimate of drug-likeness (QED) is 0.912. The van der Waals surface area contributed by atoms with E-state index in [0.717, 1.165) is 11.1 Å². The van der Waals surface area contributed by atoms with Crippen LogP contribution in [0.15, 0.2) is 47.4 Å². The Morgan fingerprint density at radius 3 is 2.29 bits per heavy atom. The second kappa shape index (κ2) is 5.83. The molecule has 3 N–H and O–H groups in total. The van der Waals surface area contributed by atoms with Crippen LogP contribution < -0.4 is 10.5 Å². The van der Waals surface area contributed by atoms with Crippen molar-refractivity contribution in [3.05, 3.63) is 59.4 Å². The molecule has 0 fully saturated rings. The molecule has 0 amide bonds. The van der Waals surface area contributed by atoms with Crippen LogP contribution in [0.3, 0.4) is 0 Å². The van der Waals surface area contributed by atoms with Gasteiger partial charge < -0.3 is 5.32 Å². The van der Waals surface area contributed by atoms with Gasteiger partial charge in [0.15, 0.2) is 0 Å². The van der Waals surface area contributed by atoms with Gasteiger partial charge in [0.2, 0.25) is 10.0 Å². The van der Waals surface area contributed by atoms with Crippen LogP contribution in [0.5, 0.6) is 0 Å². The minimum absolute atomic E-state index is 0.0560. The fourth-order valence-electron chi connectivity index (χ4n) is 2.06. The van der Waals surface area contributed by atoms with Crippen molar-refractivity contribution in [2.24, 2.45) is 5.14 Å². The maximum Gasteiger partial charge on any atom is 0.238 e. The Balaban J connectivity index is 2.23. The molecule has 6 heteroatoms. The van der Waals surface area contributed by atoms with Crippen LogP contribution in [0.2, 0.25) is 0 Å². The van der Waals surface area contributed by atoms with Crippen LogP contribution in [0.25, 0.3) is 0 Å². The summed E-state index contributed by atoms with van der Waals surface area (Å²) in [6.45, 7) is 3.69. The lowest BCUT2D eigenvalue weighted by molar-refractivity contribution is 0.597. The Morgan fingerprint density at radius 2 is 1.76 bits per heavy atom. The molecule has 0 spiro atoms. The Kier molecular flexibility index (Phi) is 4.29. The van der Waals surface area contributed by atoms with Crippen LogP contribution in [0.4, 0.5) is 10.1 Å². The van der Waals surface area contributed by atoms with Gasteiger partial charge in [0.1, 0.15) is 5.82 Å². The van der Waals surface area contributed by atoms with Gasteiger partial charge in [-0.3, -0.25) is 0 Å². The molecule has 0 aromatic heterocycles. The van der Waals surface area contributed by atoms with Crippen molar-refractivity contribution in [3.8, 4) is 0 Å². The molecule has 2 aromatic carbocycles. The highest BCUT2D eigenvalue weighted by Crippen LogP contribution is 2.25. The molecule has 0 aliphatic heterocycles. The van der Waals surface area contributed by atoms with Crippen LogP contribution in [0.1, 0.15) is 24.1 Å². The molecule has 1 unspecified atom stereocenters. The number of anilines is 1. The molecular formula is C15H17FN2O2S. The zero-order chi connectivity index (χ0) is 15.6. The summed E-state index contributed by atoms with van der Waals surface area (Å²) in [5, 5.41) is 8.15. The van der Waals surface area contributed by atoms with E-state index in [2.05, 4.69) is 5.32 Å². The summed E-state index contributed by atoms with van der Waals surface area (Å²) in [6.07, 6.45) is 0. The highest BCUT2D eigenvalue weighted by molar-refractivity contribution is 7.89. The van der Waals surface area contributed by atoms with Gasteiger partial charge in [-0.25, -0.2) is 17.9 Å². The summed E-state index contributed by atoms with van der Waals surface area (Å²) in [6, 6.07) is 10.9. The molecule has 1 atom stereocenters. The average Bonchev–Trinajstić information content (AvgIpc) is 2.42. The summed E-state index contributed by atoms with van der Waals surface area (Å²) in [7, 11) is -3.70. The molecule has 4 nitrogen and oxygen atoms in total. The van der Waals surface area contributed by atoms with Crippen molar-refractivity contribution >= 4 is 15.7 Å². The minimum atomic E-state index is -3.70. The number of primary sulfonamides is 1. The summed E-state index contributed by atoms with van der Waals surface area (Å²) in [5.74, 6) is -0.317. The second-order valence-corrected chi connectivity index (χ2v) is 6.47. The Bertz CT molecular complexity index is 723. The molecule has 2 rings (SSSR count). The van der Waals surface area contributed by atoms with E-state index in [1.807, 2.05) is 19.9 Å². The normalized spacial score (nSPS) is 13.0. The zero-order valence-corrected chi connectivity index (χ0v) is 12.6. The first-order valence-corrected chi connectivity index (χ1v) is 7.98. The summed E-state index contributed by atoms with van der Waals surface area (Å²) in [5.41, 5.74) is 2.09. The highest BCUT2D eigenvalue weighted by Gasteiger charge is 2.12. The number of benzene rings is 2. The second-order valence-electron chi connectivity index (χ2n) is 4.91. The molecule has 0 aliphatic rings. The summed E-state index contributed by atoms with van der Waals surface area (Å²) in [4.78, 5) is 0.0560. The fraction of sp³-hybridized carbons (Fsp3) is 0.200. The third-order valence-electron chi connectivity index (χ3n) is 3.29. The van der Waals surface area contributed by atoms with Gasteiger partial charge in [-0.05, 0) is 43.2 Å². The summed E-state index contributed by atoms with van der Waals surface area (Å²) >= 11 is 0. The van der Waals surface area contributed by atoms with E-state index >= 15 is 0 Å². The minimum Gasteiger partial charge on any atom is -0.376 e.